The lowest BCUT2D eigenvalue weighted by molar-refractivity contribution is -0.132. The van der Waals surface area contributed by atoms with Crippen LogP contribution in [0.5, 0.6) is 0 Å². The highest BCUT2D eigenvalue weighted by Crippen LogP contribution is 2.43. The fourth-order valence-corrected chi connectivity index (χ4v) is 5.90. The molecule has 0 radical (unpaired) electrons. The monoisotopic (exact) mass is 520 g/mol. The van der Waals surface area contributed by atoms with Gasteiger partial charge in [-0.3, -0.25) is 19.5 Å². The molecule has 0 aliphatic carbocycles. The van der Waals surface area contributed by atoms with E-state index in [1.165, 1.54) is 28.0 Å². The van der Waals surface area contributed by atoms with E-state index in [4.69, 9.17) is 11.6 Å². The number of carbonyl (C=O) groups excluding carboxylic acids is 2. The molecule has 0 saturated carbocycles. The molecule has 7 nitrogen and oxygen atoms in total. The van der Waals surface area contributed by atoms with Crippen molar-refractivity contribution in [2.75, 3.05) is 4.90 Å². The molecular formula is C25H17ClN4O3S2. The summed E-state index contributed by atoms with van der Waals surface area (Å²) in [7, 11) is 0. The Morgan fingerprint density at radius 2 is 1.80 bits per heavy atom. The second kappa shape index (κ2) is 9.99. The number of anilines is 1. The van der Waals surface area contributed by atoms with E-state index in [1.54, 1.807) is 54.9 Å². The summed E-state index contributed by atoms with van der Waals surface area (Å²) in [6.07, 6.45) is 3.16. The van der Waals surface area contributed by atoms with Gasteiger partial charge in [-0.1, -0.05) is 89.3 Å². The number of Topliss-reactive ketones (excluding diaryl/α,β-unsaturated/α-hetero) is 1. The molecular weight excluding hydrogens is 504 g/mol. The average Bonchev–Trinajstić information content (AvgIpc) is 3.46. The highest BCUT2D eigenvalue weighted by Gasteiger charge is 2.48. The molecule has 1 amide bonds. The van der Waals surface area contributed by atoms with Crippen LogP contribution in [-0.4, -0.2) is 32.0 Å². The first-order chi connectivity index (χ1) is 17.0. The van der Waals surface area contributed by atoms with E-state index in [0.29, 0.717) is 26.2 Å². The average molecular weight is 521 g/mol. The minimum absolute atomic E-state index is 0.0188. The number of carbonyl (C=O) groups is 2. The number of aromatic nitrogens is 3. The second-order valence-electron chi connectivity index (χ2n) is 7.55. The number of aliphatic hydroxyl groups excluding tert-OH is 1. The smallest absolute Gasteiger partial charge is 0.301 e. The van der Waals surface area contributed by atoms with Crippen LogP contribution in [0.1, 0.15) is 22.7 Å². The number of nitrogens with zero attached hydrogens (tertiary/aromatic N) is 4. The van der Waals surface area contributed by atoms with E-state index in [1.807, 2.05) is 24.3 Å². The van der Waals surface area contributed by atoms with Gasteiger partial charge in [0.15, 0.2) is 4.34 Å². The zero-order valence-corrected chi connectivity index (χ0v) is 20.4. The van der Waals surface area contributed by atoms with Gasteiger partial charge in [-0.25, -0.2) is 0 Å². The van der Waals surface area contributed by atoms with Gasteiger partial charge in [-0.05, 0) is 23.3 Å². The third-order valence-corrected chi connectivity index (χ3v) is 7.88. The van der Waals surface area contributed by atoms with Crippen LogP contribution >= 0.6 is 34.7 Å². The van der Waals surface area contributed by atoms with Crippen LogP contribution in [-0.2, 0) is 15.3 Å². The third-order valence-electron chi connectivity index (χ3n) is 5.40. The predicted molar refractivity (Wildman–Crippen MR) is 136 cm³/mol. The largest absolute Gasteiger partial charge is 0.507 e. The van der Waals surface area contributed by atoms with Crippen LogP contribution in [0.4, 0.5) is 5.13 Å². The molecule has 10 heteroatoms. The third kappa shape index (κ3) is 4.58. The summed E-state index contributed by atoms with van der Waals surface area (Å²) in [6.45, 7) is 0. The number of ketones is 1. The fraction of sp³-hybridized carbons (Fsp3) is 0.0800. The van der Waals surface area contributed by atoms with Crippen LogP contribution in [0, 0.1) is 0 Å². The molecule has 5 rings (SSSR count). The maximum Gasteiger partial charge on any atom is 0.301 e. The van der Waals surface area contributed by atoms with Crippen molar-refractivity contribution in [1.82, 2.24) is 15.2 Å². The Labute approximate surface area is 214 Å². The highest BCUT2D eigenvalue weighted by molar-refractivity contribution is 8.00. The van der Waals surface area contributed by atoms with Crippen molar-refractivity contribution in [1.29, 1.82) is 0 Å². The van der Waals surface area contributed by atoms with Gasteiger partial charge < -0.3 is 5.11 Å². The molecule has 4 aromatic rings. The lowest BCUT2D eigenvalue weighted by Crippen LogP contribution is -2.29. The molecule has 174 valence electrons. The van der Waals surface area contributed by atoms with Crippen LogP contribution in [0.25, 0.3) is 5.76 Å². The highest BCUT2D eigenvalue weighted by atomic mass is 35.5. The number of amides is 1. The molecule has 2 aromatic carbocycles. The summed E-state index contributed by atoms with van der Waals surface area (Å²) in [5, 5.41) is 20.4. The summed E-state index contributed by atoms with van der Waals surface area (Å²) < 4.78 is 0.620. The first-order valence-electron chi connectivity index (χ1n) is 10.5. The van der Waals surface area contributed by atoms with E-state index in [0.717, 1.165) is 5.56 Å². The van der Waals surface area contributed by atoms with Gasteiger partial charge in [0.2, 0.25) is 5.13 Å². The molecule has 1 atom stereocenters. The Bertz CT molecular complexity index is 1430. The zero-order chi connectivity index (χ0) is 24.4. The summed E-state index contributed by atoms with van der Waals surface area (Å²) >= 11 is 8.88. The molecule has 1 saturated heterocycles. The van der Waals surface area contributed by atoms with Crippen molar-refractivity contribution in [3.8, 4) is 0 Å². The molecule has 1 aliphatic rings. The van der Waals surface area contributed by atoms with Crippen LogP contribution in [0.3, 0.4) is 0 Å². The van der Waals surface area contributed by atoms with Crippen molar-refractivity contribution < 1.29 is 14.7 Å². The molecule has 0 spiro atoms. The van der Waals surface area contributed by atoms with Gasteiger partial charge in [0, 0.05) is 28.7 Å². The van der Waals surface area contributed by atoms with E-state index >= 15 is 0 Å². The minimum atomic E-state index is -0.890. The number of benzene rings is 2. The molecule has 0 bridgehead atoms. The normalized spacial score (nSPS) is 17.2. The fourth-order valence-electron chi connectivity index (χ4n) is 3.75. The van der Waals surface area contributed by atoms with E-state index in [2.05, 4.69) is 15.2 Å². The van der Waals surface area contributed by atoms with Crippen molar-refractivity contribution in [3.05, 3.63) is 106 Å². The molecule has 3 heterocycles. The van der Waals surface area contributed by atoms with E-state index in [-0.39, 0.29) is 16.5 Å². The number of aliphatic hydroxyl groups is 1. The molecule has 1 fully saturated rings. The van der Waals surface area contributed by atoms with Gasteiger partial charge in [0.05, 0.1) is 11.6 Å². The standard InChI is InChI=1S/C25H17ClN4O3S2/c26-18-11-5-4-9-17(18)14-34-25-29-28-24(35-25)30-20(16-10-6-12-27-13-16)19(22(32)23(30)33)21(31)15-7-2-1-3-8-15/h1-13,20,31H,14H2/b21-19+. The van der Waals surface area contributed by atoms with Crippen LogP contribution in [0.15, 0.2) is 89.0 Å². The molecule has 2 aromatic heterocycles. The Hall–Kier alpha value is -3.53. The Morgan fingerprint density at radius 1 is 1.03 bits per heavy atom. The van der Waals surface area contributed by atoms with Crippen LogP contribution in [0.2, 0.25) is 5.02 Å². The lowest BCUT2D eigenvalue weighted by atomic mass is 9.96. The molecule has 35 heavy (non-hydrogen) atoms. The van der Waals surface area contributed by atoms with E-state index in [9.17, 15) is 14.7 Å². The summed E-state index contributed by atoms with van der Waals surface area (Å²) in [5.74, 6) is -1.25. The van der Waals surface area contributed by atoms with Gasteiger partial charge in [-0.15, -0.1) is 10.2 Å². The Balaban J connectivity index is 1.52. The number of rotatable bonds is 6. The van der Waals surface area contributed by atoms with Gasteiger partial charge in [-0.2, -0.15) is 0 Å². The SMILES string of the molecule is O=C1C(=O)N(c2nnc(SCc3ccccc3Cl)s2)C(c2cccnc2)/C1=C(\O)c1ccccc1. The molecule has 1 N–H and O–H groups in total. The summed E-state index contributed by atoms with van der Waals surface area (Å²) in [6, 6.07) is 18.8. The van der Waals surface area contributed by atoms with Crippen molar-refractivity contribution in [3.63, 3.8) is 0 Å². The van der Waals surface area contributed by atoms with E-state index < -0.39 is 17.7 Å². The maximum absolute atomic E-state index is 13.2. The van der Waals surface area contributed by atoms with Crippen molar-refractivity contribution >= 4 is 57.3 Å². The number of hydrogen-bond acceptors (Lipinski definition) is 8. The summed E-state index contributed by atoms with van der Waals surface area (Å²) in [4.78, 5) is 31.8. The second-order valence-corrected chi connectivity index (χ2v) is 10.1. The van der Waals surface area contributed by atoms with Gasteiger partial charge in [0.1, 0.15) is 5.76 Å². The maximum atomic E-state index is 13.2. The number of halogens is 1. The number of thioether (sulfide) groups is 1. The minimum Gasteiger partial charge on any atom is -0.507 e. The Kier molecular flexibility index (Phi) is 6.63. The molecule has 1 aliphatic heterocycles. The van der Waals surface area contributed by atoms with Crippen LogP contribution < -0.4 is 4.90 Å². The number of pyridine rings is 1. The Morgan fingerprint density at radius 3 is 2.54 bits per heavy atom. The summed E-state index contributed by atoms with van der Waals surface area (Å²) in [5.41, 5.74) is 1.95. The van der Waals surface area contributed by atoms with Crippen molar-refractivity contribution in [2.45, 2.75) is 16.1 Å². The topological polar surface area (TPSA) is 96.3 Å². The quantitative estimate of drug-likeness (QED) is 0.118. The molecule has 1 unspecified atom stereocenters. The zero-order valence-electron chi connectivity index (χ0n) is 18.0. The predicted octanol–water partition coefficient (Wildman–Crippen LogP) is 5.51. The van der Waals surface area contributed by atoms with Crippen molar-refractivity contribution in [2.24, 2.45) is 0 Å². The first kappa shape index (κ1) is 23.2. The lowest BCUT2D eigenvalue weighted by Gasteiger charge is -2.22. The van der Waals surface area contributed by atoms with Gasteiger partial charge in [0.25, 0.3) is 5.78 Å². The van der Waals surface area contributed by atoms with Gasteiger partial charge >= 0.3 is 5.91 Å². The first-order valence-corrected chi connectivity index (χ1v) is 12.7. The number of hydrogen-bond donors (Lipinski definition) is 1.